The van der Waals surface area contributed by atoms with Gasteiger partial charge in [-0.3, -0.25) is 29.1 Å². The highest BCUT2D eigenvalue weighted by atomic mass is 35.5. The number of piperidine rings is 1. The summed E-state index contributed by atoms with van der Waals surface area (Å²) in [5.74, 6) is 2.73. The molecule has 0 atom stereocenters. The number of carbonyl (C=O) groups is 3. The van der Waals surface area contributed by atoms with E-state index < -0.39 is 6.03 Å². The highest BCUT2D eigenvalue weighted by molar-refractivity contribution is 6.33. The number of amides is 4. The smallest absolute Gasteiger partial charge is 0.329 e. The second kappa shape index (κ2) is 16.6. The molecule has 18 heteroatoms. The maximum atomic E-state index is 13.1. The third kappa shape index (κ3) is 8.27. The average Bonchev–Trinajstić information content (AvgIpc) is 3.93. The van der Waals surface area contributed by atoms with Gasteiger partial charge in [-0.2, -0.15) is 4.98 Å². The number of fused-ring (bicyclic) bond motifs is 1. The average molecular weight is 809 g/mol. The summed E-state index contributed by atoms with van der Waals surface area (Å²) in [5.41, 5.74) is 2.89. The Morgan fingerprint density at radius 3 is 2.45 bits per heavy atom. The molecular weight excluding hydrogens is 764 g/mol. The second-order valence-electron chi connectivity index (χ2n) is 15.4. The van der Waals surface area contributed by atoms with Gasteiger partial charge in [0.05, 0.1) is 17.3 Å². The van der Waals surface area contributed by atoms with Crippen LogP contribution in [0.15, 0.2) is 65.8 Å². The fourth-order valence-corrected chi connectivity index (χ4v) is 8.72. The Morgan fingerprint density at radius 1 is 0.897 bits per heavy atom. The van der Waals surface area contributed by atoms with Crippen LogP contribution in [0, 0.1) is 5.92 Å². The van der Waals surface area contributed by atoms with E-state index in [1.54, 1.807) is 23.2 Å². The van der Waals surface area contributed by atoms with E-state index in [4.69, 9.17) is 20.9 Å². The van der Waals surface area contributed by atoms with Gasteiger partial charge in [0.15, 0.2) is 11.5 Å². The molecule has 302 valence electrons. The van der Waals surface area contributed by atoms with Crippen molar-refractivity contribution in [3.8, 4) is 17.1 Å². The van der Waals surface area contributed by atoms with Crippen molar-refractivity contribution in [2.45, 2.75) is 57.1 Å². The number of benzene rings is 1. The van der Waals surface area contributed by atoms with Crippen LogP contribution in [0.4, 0.5) is 22.1 Å². The summed E-state index contributed by atoms with van der Waals surface area (Å²) < 4.78 is 12.9. The summed E-state index contributed by atoms with van der Waals surface area (Å²) in [6, 6.07) is 12.9. The number of halogens is 1. The summed E-state index contributed by atoms with van der Waals surface area (Å²) in [5, 5.41) is 18.6. The quantitative estimate of drug-likeness (QED) is 0.203. The SMILES string of the molecule is O=C1CCN(c2cnc3cc(N4CCN(CC5CCN(c6ccc(C(=O)NC7CCC(Oc8ccc(-c9ncon9)c(Cl)c8)CC7)nn6)CC5)CC4)ccn23)C(=O)N1. The van der Waals surface area contributed by atoms with Crippen molar-refractivity contribution < 1.29 is 23.6 Å². The van der Waals surface area contributed by atoms with Crippen LogP contribution < -0.4 is 30.1 Å². The molecule has 4 aromatic heterocycles. The number of imide groups is 1. The molecule has 0 spiro atoms. The van der Waals surface area contributed by atoms with Crippen LogP contribution >= 0.6 is 11.6 Å². The topological polar surface area (TPSA) is 179 Å². The number of nitrogens with zero attached hydrogens (tertiary/aromatic N) is 10. The zero-order valence-corrected chi connectivity index (χ0v) is 32.8. The van der Waals surface area contributed by atoms with Crippen LogP contribution in [0.2, 0.25) is 5.02 Å². The van der Waals surface area contributed by atoms with Gasteiger partial charge in [0, 0.05) is 88.3 Å². The molecule has 17 nitrogen and oxygen atoms in total. The molecular formula is C40H45ClN12O5. The van der Waals surface area contributed by atoms with E-state index in [0.717, 1.165) is 101 Å². The van der Waals surface area contributed by atoms with Crippen molar-refractivity contribution in [3.05, 3.63) is 72.0 Å². The van der Waals surface area contributed by atoms with Crippen molar-refractivity contribution >= 4 is 52.4 Å². The van der Waals surface area contributed by atoms with Crippen LogP contribution in [0.1, 0.15) is 55.4 Å². The lowest BCUT2D eigenvalue weighted by molar-refractivity contribution is -0.120. The number of piperazine rings is 1. The monoisotopic (exact) mass is 808 g/mol. The number of pyridine rings is 1. The molecule has 3 aliphatic heterocycles. The number of imidazole rings is 1. The molecule has 5 aromatic rings. The van der Waals surface area contributed by atoms with Gasteiger partial charge in [0.1, 0.15) is 17.2 Å². The molecule has 1 saturated carbocycles. The molecule has 1 aliphatic carbocycles. The van der Waals surface area contributed by atoms with E-state index in [-0.39, 0.29) is 30.4 Å². The third-order valence-corrected chi connectivity index (χ3v) is 12.1. The van der Waals surface area contributed by atoms with Crippen LogP contribution in [0.3, 0.4) is 0 Å². The number of hydrogen-bond donors (Lipinski definition) is 2. The number of rotatable bonds is 10. The van der Waals surface area contributed by atoms with E-state index in [0.29, 0.717) is 46.1 Å². The minimum atomic E-state index is -0.416. The molecule has 0 unspecified atom stereocenters. The summed E-state index contributed by atoms with van der Waals surface area (Å²) >= 11 is 6.44. The number of urea groups is 1. The first-order chi connectivity index (χ1) is 28.3. The van der Waals surface area contributed by atoms with Gasteiger partial charge in [-0.15, -0.1) is 10.2 Å². The fraction of sp³-hybridized carbons (Fsp3) is 0.450. The summed E-state index contributed by atoms with van der Waals surface area (Å²) in [6.45, 7) is 7.08. The third-order valence-electron chi connectivity index (χ3n) is 11.7. The Kier molecular flexibility index (Phi) is 10.8. The van der Waals surface area contributed by atoms with Crippen LogP contribution in [-0.4, -0.2) is 117 Å². The van der Waals surface area contributed by atoms with Gasteiger partial charge in [0.2, 0.25) is 18.1 Å². The number of nitrogens with one attached hydrogen (secondary N) is 2. The van der Waals surface area contributed by atoms with E-state index in [1.807, 2.05) is 28.8 Å². The first kappa shape index (κ1) is 37.7. The van der Waals surface area contributed by atoms with Gasteiger partial charge >= 0.3 is 6.03 Å². The molecule has 1 aromatic carbocycles. The molecule has 0 bridgehead atoms. The van der Waals surface area contributed by atoms with E-state index in [1.165, 1.54) is 6.39 Å². The lowest BCUT2D eigenvalue weighted by atomic mass is 9.92. The second-order valence-corrected chi connectivity index (χ2v) is 15.8. The van der Waals surface area contributed by atoms with Gasteiger partial charge in [0.25, 0.3) is 5.91 Å². The number of hydrogen-bond acceptors (Lipinski definition) is 13. The normalized spacial score (nSPS) is 21.0. The summed E-state index contributed by atoms with van der Waals surface area (Å²) in [6.07, 6.45) is 10.6. The van der Waals surface area contributed by atoms with Gasteiger partial charge < -0.3 is 24.4 Å². The number of aromatic nitrogens is 6. The maximum absolute atomic E-state index is 13.1. The Balaban J connectivity index is 0.687. The molecule has 3 saturated heterocycles. The van der Waals surface area contributed by atoms with E-state index >= 15 is 0 Å². The molecule has 0 radical (unpaired) electrons. The molecule has 58 heavy (non-hydrogen) atoms. The zero-order chi connectivity index (χ0) is 39.6. The highest BCUT2D eigenvalue weighted by Crippen LogP contribution is 2.32. The predicted octanol–water partition coefficient (Wildman–Crippen LogP) is 4.43. The molecule has 4 amide bonds. The number of carbonyl (C=O) groups excluding carboxylic acids is 3. The van der Waals surface area contributed by atoms with Crippen molar-refractivity contribution in [3.63, 3.8) is 0 Å². The van der Waals surface area contributed by atoms with Gasteiger partial charge in [-0.25, -0.2) is 9.78 Å². The van der Waals surface area contributed by atoms with E-state index in [9.17, 15) is 14.4 Å². The zero-order valence-electron chi connectivity index (χ0n) is 32.0. The number of ether oxygens (including phenoxy) is 1. The summed E-state index contributed by atoms with van der Waals surface area (Å²) in [4.78, 5) is 54.4. The standard InChI is InChI=1S/C40H45ClN12O5/c41-32-22-30(5-6-31(32)38-43-25-57-48-38)58-29-3-1-27(2-4-29)44-39(55)33-7-8-34(47-46-33)51-13-9-26(10-14-51)24-49-17-19-50(20-18-49)28-11-15-52-35(21-28)42-23-37(52)53-16-12-36(54)45-40(53)56/h5-8,11,15,21-23,25-27,29H,1-4,9-10,12-14,16-20,24H2,(H,44,55)(H,45,54,56). The lowest BCUT2D eigenvalue weighted by Gasteiger charge is -2.39. The molecule has 4 fully saturated rings. The van der Waals surface area contributed by atoms with Crippen molar-refractivity contribution in [1.82, 2.24) is 45.3 Å². The largest absolute Gasteiger partial charge is 0.490 e. The Morgan fingerprint density at radius 2 is 1.72 bits per heavy atom. The van der Waals surface area contributed by atoms with Crippen LogP contribution in [0.25, 0.3) is 17.0 Å². The fourth-order valence-electron chi connectivity index (χ4n) is 8.47. The highest BCUT2D eigenvalue weighted by Gasteiger charge is 2.29. The first-order valence-corrected chi connectivity index (χ1v) is 20.4. The Bertz CT molecular complexity index is 2250. The van der Waals surface area contributed by atoms with Crippen LogP contribution in [-0.2, 0) is 4.79 Å². The van der Waals surface area contributed by atoms with Crippen molar-refractivity contribution in [1.29, 1.82) is 0 Å². The molecule has 2 N–H and O–H groups in total. The minimum Gasteiger partial charge on any atom is -0.490 e. The van der Waals surface area contributed by atoms with Gasteiger partial charge in [-0.05, 0) is 80.8 Å². The molecule has 4 aliphatic rings. The molecule has 7 heterocycles. The Hall–Kier alpha value is -5.81. The first-order valence-electron chi connectivity index (χ1n) is 20.0. The van der Waals surface area contributed by atoms with Gasteiger partial charge in [-0.1, -0.05) is 16.8 Å². The maximum Gasteiger partial charge on any atom is 0.329 e. The number of anilines is 3. The van der Waals surface area contributed by atoms with Crippen molar-refractivity contribution in [2.24, 2.45) is 5.92 Å². The molecule has 9 rings (SSSR count). The van der Waals surface area contributed by atoms with Crippen molar-refractivity contribution in [2.75, 3.05) is 67.1 Å². The predicted molar refractivity (Wildman–Crippen MR) is 215 cm³/mol. The van der Waals surface area contributed by atoms with E-state index in [2.05, 4.69) is 62.8 Å². The lowest BCUT2D eigenvalue weighted by Crippen LogP contribution is -2.50. The Labute approximate surface area is 339 Å². The minimum absolute atomic E-state index is 0.0359. The summed E-state index contributed by atoms with van der Waals surface area (Å²) in [7, 11) is 0. The van der Waals surface area contributed by atoms with Crippen LogP contribution in [0.5, 0.6) is 5.75 Å².